The van der Waals surface area contributed by atoms with E-state index in [9.17, 15) is 31.1 Å². The molecule has 146 valence electrons. The molecule has 1 aromatic rings. The third kappa shape index (κ3) is 5.75. The lowest BCUT2D eigenvalue weighted by molar-refractivity contribution is -0.267. The fraction of sp³-hybridized carbons (Fsp3) is 0.533. The number of rotatable bonds is 4. The van der Waals surface area contributed by atoms with Gasteiger partial charge in [-0.1, -0.05) is 23.7 Å². The summed E-state index contributed by atoms with van der Waals surface area (Å²) in [5.41, 5.74) is 0.852. The summed E-state index contributed by atoms with van der Waals surface area (Å²) in [6.45, 7) is -0.614. The Morgan fingerprint density at radius 2 is 1.85 bits per heavy atom. The Labute approximate surface area is 149 Å². The van der Waals surface area contributed by atoms with Crippen LogP contribution in [-0.4, -0.2) is 49.7 Å². The van der Waals surface area contributed by atoms with Crippen LogP contribution in [0.15, 0.2) is 24.3 Å². The molecule has 11 heteroatoms. The van der Waals surface area contributed by atoms with Gasteiger partial charge in [-0.2, -0.15) is 26.3 Å². The highest BCUT2D eigenvalue weighted by molar-refractivity contribution is 6.30. The lowest BCUT2D eigenvalue weighted by Crippen LogP contribution is -2.56. The van der Waals surface area contributed by atoms with Gasteiger partial charge in [-0.05, 0) is 24.1 Å². The zero-order chi connectivity index (χ0) is 19.5. The fourth-order valence-electron chi connectivity index (χ4n) is 2.41. The van der Waals surface area contributed by atoms with Crippen LogP contribution in [0.4, 0.5) is 26.3 Å². The Bertz CT molecular complexity index is 611. The molecule has 1 aliphatic rings. The van der Waals surface area contributed by atoms with Crippen LogP contribution in [0.25, 0.3) is 0 Å². The second kappa shape index (κ2) is 8.01. The summed E-state index contributed by atoms with van der Waals surface area (Å²) >= 11 is 5.76. The number of carbonyl (C=O) groups excluding carboxylic acids is 1. The van der Waals surface area contributed by atoms with E-state index in [1.54, 1.807) is 24.3 Å². The van der Waals surface area contributed by atoms with E-state index in [0.29, 0.717) is 11.4 Å². The summed E-state index contributed by atoms with van der Waals surface area (Å²) in [5, 5.41) is 3.30. The van der Waals surface area contributed by atoms with Gasteiger partial charge in [0.05, 0.1) is 6.61 Å². The van der Waals surface area contributed by atoms with Gasteiger partial charge in [0.1, 0.15) is 6.10 Å². The second-order valence-electron chi connectivity index (χ2n) is 5.67. The molecule has 0 saturated carbocycles. The number of carbonyl (C=O) groups is 1. The maximum atomic E-state index is 13.0. The Morgan fingerprint density at radius 3 is 2.31 bits per heavy atom. The number of hydrogen-bond acceptors (Lipinski definition) is 4. The Morgan fingerprint density at radius 1 is 1.23 bits per heavy atom. The first-order valence-electron chi connectivity index (χ1n) is 7.41. The second-order valence-corrected chi connectivity index (χ2v) is 6.11. The molecule has 2 rings (SSSR count). The molecule has 1 saturated heterocycles. The van der Waals surface area contributed by atoms with Crippen LogP contribution in [0.5, 0.6) is 0 Å². The van der Waals surface area contributed by atoms with Crippen LogP contribution in [-0.2, 0) is 20.7 Å². The minimum atomic E-state index is -5.53. The number of ether oxygens (including phenoxy) is 2. The molecule has 1 aromatic carbocycles. The van der Waals surface area contributed by atoms with Gasteiger partial charge in [0, 0.05) is 17.6 Å². The molecule has 1 N–H and O–H groups in total. The largest absolute Gasteiger partial charge is 0.490 e. The van der Waals surface area contributed by atoms with E-state index in [2.05, 4.69) is 10.1 Å². The van der Waals surface area contributed by atoms with Gasteiger partial charge < -0.3 is 14.8 Å². The average Bonchev–Trinajstić information content (AvgIpc) is 2.53. The van der Waals surface area contributed by atoms with Gasteiger partial charge in [-0.25, -0.2) is 4.79 Å². The maximum Gasteiger partial charge on any atom is 0.490 e. The number of esters is 1. The Kier molecular flexibility index (Phi) is 6.41. The van der Waals surface area contributed by atoms with Crippen LogP contribution < -0.4 is 5.32 Å². The van der Waals surface area contributed by atoms with E-state index in [1.807, 2.05) is 0 Å². The van der Waals surface area contributed by atoms with Crippen molar-refractivity contribution in [2.75, 3.05) is 13.2 Å². The number of hydrogen-bond donors (Lipinski definition) is 1. The van der Waals surface area contributed by atoms with Crippen molar-refractivity contribution in [3.8, 4) is 0 Å². The van der Waals surface area contributed by atoms with Crippen molar-refractivity contribution in [1.82, 2.24) is 5.32 Å². The number of alkyl halides is 6. The summed E-state index contributed by atoms with van der Waals surface area (Å²) in [6.07, 6.45) is -15.1. The molecule has 3 atom stereocenters. The predicted octanol–water partition coefficient (Wildman–Crippen LogP) is 3.28. The minimum absolute atomic E-state index is 0.191. The number of nitrogens with one attached hydrogen (secondary N) is 1. The van der Waals surface area contributed by atoms with Gasteiger partial charge in [0.25, 0.3) is 0 Å². The molecular weight excluding hydrogens is 392 g/mol. The van der Waals surface area contributed by atoms with Crippen LogP contribution in [0, 0.1) is 0 Å². The Balaban J connectivity index is 1.96. The van der Waals surface area contributed by atoms with E-state index in [-0.39, 0.29) is 12.6 Å². The molecule has 0 aromatic heterocycles. The molecule has 1 aliphatic heterocycles. The normalized spacial score (nSPS) is 22.7. The summed E-state index contributed by atoms with van der Waals surface area (Å²) in [7, 11) is 0. The van der Waals surface area contributed by atoms with Crippen molar-refractivity contribution >= 4 is 17.6 Å². The highest BCUT2D eigenvalue weighted by Gasteiger charge is 2.53. The molecule has 26 heavy (non-hydrogen) atoms. The van der Waals surface area contributed by atoms with E-state index in [4.69, 9.17) is 16.3 Å². The number of morpholine rings is 1. The van der Waals surface area contributed by atoms with Gasteiger partial charge >= 0.3 is 18.3 Å². The third-order valence-electron chi connectivity index (χ3n) is 3.64. The van der Waals surface area contributed by atoms with Crippen LogP contribution in [0.2, 0.25) is 5.02 Å². The topological polar surface area (TPSA) is 47.6 Å². The van der Waals surface area contributed by atoms with Crippen LogP contribution >= 0.6 is 11.6 Å². The van der Waals surface area contributed by atoms with Crippen molar-refractivity contribution in [3.05, 3.63) is 34.9 Å². The summed E-state index contributed by atoms with van der Waals surface area (Å²) in [4.78, 5) is 10.8. The van der Waals surface area contributed by atoms with E-state index in [0.717, 1.165) is 5.56 Å². The minimum Gasteiger partial charge on any atom is -0.443 e. The van der Waals surface area contributed by atoms with Crippen molar-refractivity contribution in [2.45, 2.75) is 37.0 Å². The Hall–Kier alpha value is -1.52. The highest BCUT2D eigenvalue weighted by Crippen LogP contribution is 2.30. The monoisotopic (exact) mass is 405 g/mol. The summed E-state index contributed by atoms with van der Waals surface area (Å²) < 4.78 is 84.1. The SMILES string of the molecule is O=C(OC(C1CN[C@@H](Cc2ccc(Cl)cc2)CO1)C(F)(F)F)C(F)(F)F. The van der Waals surface area contributed by atoms with Crippen molar-refractivity contribution in [3.63, 3.8) is 0 Å². The molecule has 0 aliphatic carbocycles. The van der Waals surface area contributed by atoms with E-state index >= 15 is 0 Å². The molecule has 2 unspecified atom stereocenters. The first-order valence-corrected chi connectivity index (χ1v) is 7.78. The first kappa shape index (κ1) is 20.8. The molecule has 1 heterocycles. The standard InChI is InChI=1S/C15H14ClF6NO3/c16-9-3-1-8(2-4-9)5-10-7-25-11(6-23-10)12(14(17,18)19)26-13(24)15(20,21)22/h1-4,10-12,23H,5-7H2/t10-,11?,12?/m0/s1. The molecule has 4 nitrogen and oxygen atoms in total. The molecular formula is C15H14ClF6NO3. The lowest BCUT2D eigenvalue weighted by Gasteiger charge is -2.35. The number of benzene rings is 1. The average molecular weight is 406 g/mol. The van der Waals surface area contributed by atoms with E-state index in [1.165, 1.54) is 0 Å². The van der Waals surface area contributed by atoms with Gasteiger partial charge in [0.15, 0.2) is 0 Å². The van der Waals surface area contributed by atoms with Gasteiger partial charge in [-0.3, -0.25) is 0 Å². The van der Waals surface area contributed by atoms with Crippen LogP contribution in [0.3, 0.4) is 0 Å². The molecule has 1 fully saturated rings. The van der Waals surface area contributed by atoms with Gasteiger partial charge in [0.2, 0.25) is 6.10 Å². The molecule has 0 radical (unpaired) electrons. The first-order chi connectivity index (χ1) is 12.0. The smallest absolute Gasteiger partial charge is 0.443 e. The quantitative estimate of drug-likeness (QED) is 0.617. The predicted molar refractivity (Wildman–Crippen MR) is 78.7 cm³/mol. The fourth-order valence-corrected chi connectivity index (χ4v) is 2.53. The molecule has 0 spiro atoms. The zero-order valence-corrected chi connectivity index (χ0v) is 13.8. The maximum absolute atomic E-state index is 13.0. The van der Waals surface area contributed by atoms with Crippen molar-refractivity contribution < 1.29 is 40.6 Å². The van der Waals surface area contributed by atoms with E-state index < -0.39 is 37.1 Å². The van der Waals surface area contributed by atoms with Crippen LogP contribution in [0.1, 0.15) is 5.56 Å². The third-order valence-corrected chi connectivity index (χ3v) is 3.89. The lowest BCUT2D eigenvalue weighted by atomic mass is 10.0. The summed E-state index contributed by atoms with van der Waals surface area (Å²) in [6, 6.07) is 6.43. The molecule has 0 amide bonds. The van der Waals surface area contributed by atoms with Crippen molar-refractivity contribution in [1.29, 1.82) is 0 Å². The van der Waals surface area contributed by atoms with Gasteiger partial charge in [-0.15, -0.1) is 0 Å². The highest BCUT2D eigenvalue weighted by atomic mass is 35.5. The number of halogens is 7. The summed E-state index contributed by atoms with van der Waals surface area (Å²) in [5.74, 6) is -2.91. The zero-order valence-electron chi connectivity index (χ0n) is 13.0. The van der Waals surface area contributed by atoms with Crippen molar-refractivity contribution in [2.24, 2.45) is 0 Å². The molecule has 0 bridgehead atoms.